The number of carbonyl (C=O) groups excluding carboxylic acids is 2. The molecule has 1 aliphatic carbocycles. The number of piperidine rings is 2. The molecule has 2 amide bonds. The maximum absolute atomic E-state index is 15.2. The highest BCUT2D eigenvalue weighted by molar-refractivity contribution is 9.10. The number of aromatic nitrogens is 6. The van der Waals surface area contributed by atoms with Gasteiger partial charge in [-0.15, -0.1) is 0 Å². The van der Waals surface area contributed by atoms with Gasteiger partial charge < -0.3 is 29.7 Å². The summed E-state index contributed by atoms with van der Waals surface area (Å²) in [4.78, 5) is 49.8. The van der Waals surface area contributed by atoms with Crippen LogP contribution in [-0.4, -0.2) is 123 Å². The highest BCUT2D eigenvalue weighted by atomic mass is 79.9. The standard InChI is InChI=1S/C50H56BrF2N12O4P/c1-62-29-31(27-57-62)35-25-41(59-50-56-28-36(51)48(61-50)58-40-9-8-39-46(55-15-14-54-39)47(40)70(2,3)68)43(69-33-5-4-6-33)26-42(35)65-17-12-32(13-18-65)64-21-19-63(20-22-64)16-11-30-23-37(52)45(38(53)24-30)34-7-10-44(66)60-49(34)67/h8-9,14-15,23-29,32-34H,4-7,10-13,16-22H2,1-3H3,(H,60,66,67)(H2,56,58,59,61)/t34-/m1/s1. The van der Waals surface area contributed by atoms with Gasteiger partial charge in [0.1, 0.15) is 35.9 Å². The number of fused-ring (bicyclic) bond motifs is 1. The van der Waals surface area contributed by atoms with Crippen LogP contribution in [0.4, 0.5) is 37.6 Å². The Morgan fingerprint density at radius 1 is 0.886 bits per heavy atom. The molecule has 0 unspecified atom stereocenters. The van der Waals surface area contributed by atoms with Crippen LogP contribution < -0.4 is 30.9 Å². The van der Waals surface area contributed by atoms with Gasteiger partial charge in [0, 0.05) is 119 Å². The van der Waals surface area contributed by atoms with E-state index in [9.17, 15) is 14.2 Å². The molecule has 4 aliphatic rings. The van der Waals surface area contributed by atoms with Gasteiger partial charge in [0.25, 0.3) is 0 Å². The molecule has 3 saturated heterocycles. The summed E-state index contributed by atoms with van der Waals surface area (Å²) in [6.45, 7) is 9.37. The van der Waals surface area contributed by atoms with Gasteiger partial charge in [-0.1, -0.05) is 0 Å². The molecule has 3 N–H and O–H groups in total. The van der Waals surface area contributed by atoms with E-state index < -0.39 is 36.5 Å². The second kappa shape index (κ2) is 20.1. The minimum atomic E-state index is -2.82. The second-order valence-electron chi connectivity index (χ2n) is 19.1. The number of aryl methyl sites for hydroxylation is 1. The summed E-state index contributed by atoms with van der Waals surface area (Å²) < 4.78 is 53.3. The van der Waals surface area contributed by atoms with Gasteiger partial charge in [-0.3, -0.25) is 34.5 Å². The number of rotatable bonds is 14. The van der Waals surface area contributed by atoms with E-state index in [1.54, 1.807) is 36.6 Å². The number of benzene rings is 3. The lowest BCUT2D eigenvalue weighted by Crippen LogP contribution is -2.53. The zero-order valence-electron chi connectivity index (χ0n) is 39.4. The molecule has 3 aromatic heterocycles. The fourth-order valence-corrected chi connectivity index (χ4v) is 11.8. The van der Waals surface area contributed by atoms with Crippen molar-refractivity contribution in [2.24, 2.45) is 7.05 Å². The van der Waals surface area contributed by atoms with Crippen LogP contribution in [0.25, 0.3) is 22.2 Å². The molecular formula is C50H56BrF2N12O4P. The van der Waals surface area contributed by atoms with Crippen molar-refractivity contribution in [2.45, 2.75) is 69.4 Å². The van der Waals surface area contributed by atoms with Crippen molar-refractivity contribution in [1.29, 1.82) is 0 Å². The molecule has 10 rings (SSSR count). The van der Waals surface area contributed by atoms with Gasteiger partial charge >= 0.3 is 0 Å². The molecular weight excluding hydrogens is 982 g/mol. The zero-order chi connectivity index (χ0) is 48.7. The fourth-order valence-electron chi connectivity index (χ4n) is 10.1. The third-order valence-electron chi connectivity index (χ3n) is 14.0. The number of amides is 2. The minimum absolute atomic E-state index is 0.0582. The van der Waals surface area contributed by atoms with Gasteiger partial charge in [0.15, 0.2) is 0 Å². The first kappa shape index (κ1) is 47.8. The number of anilines is 5. The summed E-state index contributed by atoms with van der Waals surface area (Å²) >= 11 is 3.63. The summed E-state index contributed by atoms with van der Waals surface area (Å²) in [5, 5.41) is 14.2. The van der Waals surface area contributed by atoms with Crippen LogP contribution >= 0.6 is 23.1 Å². The van der Waals surface area contributed by atoms with Crippen molar-refractivity contribution >= 4 is 80.1 Å². The van der Waals surface area contributed by atoms with Crippen molar-refractivity contribution < 1.29 is 27.7 Å². The first-order valence-corrected chi connectivity index (χ1v) is 27.4. The van der Waals surface area contributed by atoms with Gasteiger partial charge in [-0.25, -0.2) is 13.8 Å². The molecule has 20 heteroatoms. The zero-order valence-corrected chi connectivity index (χ0v) is 41.9. The molecule has 1 atom stereocenters. The molecule has 6 heterocycles. The predicted octanol–water partition coefficient (Wildman–Crippen LogP) is 7.88. The van der Waals surface area contributed by atoms with E-state index in [0.717, 1.165) is 99.6 Å². The summed E-state index contributed by atoms with van der Waals surface area (Å²) in [5.41, 5.74) is 5.93. The molecule has 0 radical (unpaired) electrons. The molecule has 16 nitrogen and oxygen atoms in total. The Morgan fingerprint density at radius 3 is 2.33 bits per heavy atom. The third-order valence-corrected chi connectivity index (χ3v) is 16.1. The van der Waals surface area contributed by atoms with E-state index in [1.165, 1.54) is 12.1 Å². The van der Waals surface area contributed by atoms with E-state index in [-0.39, 0.29) is 24.5 Å². The average molecular weight is 1040 g/mol. The monoisotopic (exact) mass is 1040 g/mol. The van der Waals surface area contributed by atoms with Gasteiger partial charge in [-0.05, 0) is 110 Å². The van der Waals surface area contributed by atoms with Gasteiger partial charge in [-0.2, -0.15) is 10.1 Å². The Bertz CT molecular complexity index is 2980. The lowest BCUT2D eigenvalue weighted by atomic mass is 9.89. The number of hydrogen-bond donors (Lipinski definition) is 3. The fraction of sp³-hybridized carbons (Fsp3) is 0.420. The molecule has 3 aromatic carbocycles. The normalized spacial score (nSPS) is 18.8. The van der Waals surface area contributed by atoms with E-state index >= 15 is 8.78 Å². The third kappa shape index (κ3) is 10.3. The van der Waals surface area contributed by atoms with Crippen LogP contribution in [0.1, 0.15) is 62.0 Å². The maximum Gasteiger partial charge on any atom is 0.234 e. The van der Waals surface area contributed by atoms with E-state index in [0.29, 0.717) is 62.8 Å². The summed E-state index contributed by atoms with van der Waals surface area (Å²) in [7, 11) is -0.909. The number of piperazine rings is 1. The predicted molar refractivity (Wildman–Crippen MR) is 270 cm³/mol. The lowest BCUT2D eigenvalue weighted by molar-refractivity contribution is -0.134. The van der Waals surface area contributed by atoms with Gasteiger partial charge in [0.2, 0.25) is 17.8 Å². The molecule has 6 aromatic rings. The molecule has 3 aliphatic heterocycles. The minimum Gasteiger partial charge on any atom is -0.488 e. The molecule has 0 spiro atoms. The van der Waals surface area contributed by atoms with Crippen LogP contribution in [0, 0.1) is 11.6 Å². The van der Waals surface area contributed by atoms with Crippen LogP contribution in [0.2, 0.25) is 0 Å². The van der Waals surface area contributed by atoms with Crippen LogP contribution in [-0.2, 0) is 27.6 Å². The molecule has 1 saturated carbocycles. The van der Waals surface area contributed by atoms with Crippen molar-refractivity contribution in [1.82, 2.24) is 44.8 Å². The highest BCUT2D eigenvalue weighted by Crippen LogP contribution is 2.44. The molecule has 4 fully saturated rings. The topological polar surface area (TPSA) is 176 Å². The number of nitrogens with one attached hydrogen (secondary N) is 3. The first-order valence-electron chi connectivity index (χ1n) is 24.0. The number of hydrogen-bond acceptors (Lipinski definition) is 14. The number of halogens is 3. The van der Waals surface area contributed by atoms with E-state index in [1.807, 2.05) is 31.6 Å². The summed E-state index contributed by atoms with van der Waals surface area (Å²) in [6.07, 6.45) is 14.6. The quantitative estimate of drug-likeness (QED) is 0.0710. The Labute approximate surface area is 413 Å². The summed E-state index contributed by atoms with van der Waals surface area (Å²) in [5.74, 6) is -2.01. The van der Waals surface area contributed by atoms with E-state index in [4.69, 9.17) is 9.72 Å². The van der Waals surface area contributed by atoms with Crippen molar-refractivity contribution in [3.8, 4) is 16.9 Å². The van der Waals surface area contributed by atoms with Crippen LogP contribution in [0.15, 0.2) is 71.9 Å². The Kier molecular flexibility index (Phi) is 13.7. The van der Waals surface area contributed by atoms with Crippen molar-refractivity contribution in [3.05, 3.63) is 94.6 Å². The molecule has 366 valence electrons. The Hall–Kier alpha value is -5.88. The van der Waals surface area contributed by atoms with Crippen molar-refractivity contribution in [2.75, 3.05) is 74.7 Å². The Balaban J connectivity index is 0.825. The number of nitrogens with zero attached hydrogens (tertiary/aromatic N) is 9. The molecule has 0 bridgehead atoms. The van der Waals surface area contributed by atoms with Gasteiger partial charge in [0.05, 0.1) is 44.9 Å². The number of imide groups is 1. The Morgan fingerprint density at radius 2 is 1.64 bits per heavy atom. The largest absolute Gasteiger partial charge is 0.488 e. The summed E-state index contributed by atoms with van der Waals surface area (Å²) in [6, 6.07) is 11.1. The SMILES string of the molecule is Cn1cc(-c2cc(Nc3ncc(Br)c(Nc4ccc5nccnc5c4P(C)(C)=O)n3)c(OC3CCC3)cc2N2CCC(N3CCN(CCc4cc(F)c([C@H]5CCC(=O)NC5=O)c(F)c4)CC3)CC2)cn1. The van der Waals surface area contributed by atoms with Crippen LogP contribution in [0.3, 0.4) is 0 Å². The van der Waals surface area contributed by atoms with E-state index in [2.05, 4.69) is 78.8 Å². The molecule has 70 heavy (non-hydrogen) atoms. The van der Waals surface area contributed by atoms with Crippen molar-refractivity contribution in [3.63, 3.8) is 0 Å². The maximum atomic E-state index is 15.2. The highest BCUT2D eigenvalue weighted by Gasteiger charge is 2.34. The number of ether oxygens (including phenoxy) is 1. The smallest absolute Gasteiger partial charge is 0.234 e. The average Bonchev–Trinajstić information content (AvgIpc) is 3.76. The first-order chi connectivity index (χ1) is 33.7. The lowest BCUT2D eigenvalue weighted by Gasteiger charge is -2.43. The second-order valence-corrected chi connectivity index (χ2v) is 23.1. The number of carbonyl (C=O) groups is 2. The van der Waals surface area contributed by atoms with Crippen LogP contribution in [0.5, 0.6) is 5.75 Å².